The maximum absolute atomic E-state index is 11.1. The number of hydrogen-bond donors (Lipinski definition) is 1. The molecule has 0 spiro atoms. The van der Waals surface area contributed by atoms with Crippen molar-refractivity contribution in [3.63, 3.8) is 0 Å². The monoisotopic (exact) mass is 215 g/mol. The van der Waals surface area contributed by atoms with E-state index in [4.69, 9.17) is 9.88 Å². The van der Waals surface area contributed by atoms with Crippen molar-refractivity contribution in [1.82, 2.24) is 0 Å². The summed E-state index contributed by atoms with van der Waals surface area (Å²) in [6, 6.07) is 3.99. The predicted molar refractivity (Wildman–Crippen MR) is 49.8 cm³/mol. The third kappa shape index (κ3) is 2.09. The molecule has 0 saturated carbocycles. The molecule has 0 radical (unpaired) electrons. The minimum atomic E-state index is -3.86. The lowest BCUT2D eigenvalue weighted by Crippen LogP contribution is -2.13. The van der Waals surface area contributed by atoms with E-state index in [1.807, 2.05) is 0 Å². The summed E-state index contributed by atoms with van der Waals surface area (Å²) < 4.78 is 26.9. The second-order valence-corrected chi connectivity index (χ2v) is 4.10. The van der Waals surface area contributed by atoms with Crippen molar-refractivity contribution in [3.8, 4) is 5.75 Å². The Hall–Kier alpha value is -1.40. The number of methoxy groups -OCH3 is 1. The quantitative estimate of drug-likeness (QED) is 0.727. The Morgan fingerprint density at radius 3 is 2.50 bits per heavy atom. The SMILES string of the molecule is COc1ccc(C=O)cc1S(N)(=O)=O. The summed E-state index contributed by atoms with van der Waals surface area (Å²) >= 11 is 0. The zero-order chi connectivity index (χ0) is 10.8. The summed E-state index contributed by atoms with van der Waals surface area (Å²) in [5, 5.41) is 4.93. The van der Waals surface area contributed by atoms with E-state index < -0.39 is 10.0 Å². The van der Waals surface area contributed by atoms with E-state index in [9.17, 15) is 13.2 Å². The highest BCUT2D eigenvalue weighted by atomic mass is 32.2. The molecule has 0 aliphatic heterocycles. The molecule has 0 unspecified atom stereocenters. The molecule has 5 nitrogen and oxygen atoms in total. The number of aldehydes is 1. The van der Waals surface area contributed by atoms with Crippen LogP contribution in [0.5, 0.6) is 5.75 Å². The maximum Gasteiger partial charge on any atom is 0.241 e. The number of primary sulfonamides is 1. The van der Waals surface area contributed by atoms with Crippen molar-refractivity contribution in [1.29, 1.82) is 0 Å². The van der Waals surface area contributed by atoms with E-state index in [1.54, 1.807) is 0 Å². The Balaban J connectivity index is 3.44. The predicted octanol–water partition coefficient (Wildman–Crippen LogP) is 0.155. The first-order chi connectivity index (χ1) is 6.49. The van der Waals surface area contributed by atoms with E-state index in [2.05, 4.69) is 0 Å². The van der Waals surface area contributed by atoms with Crippen LogP contribution >= 0.6 is 0 Å². The first-order valence-electron chi connectivity index (χ1n) is 3.65. The number of benzene rings is 1. The molecular formula is C8H9NO4S. The van der Waals surface area contributed by atoms with Crippen molar-refractivity contribution in [2.75, 3.05) is 7.11 Å². The number of hydrogen-bond acceptors (Lipinski definition) is 4. The molecule has 0 heterocycles. The standard InChI is InChI=1S/C8H9NO4S/c1-13-7-3-2-6(5-10)4-8(7)14(9,11)12/h2-5H,1H3,(H2,9,11,12). The molecule has 14 heavy (non-hydrogen) atoms. The fraction of sp³-hybridized carbons (Fsp3) is 0.125. The van der Waals surface area contributed by atoms with Crippen LogP contribution in [0.15, 0.2) is 23.1 Å². The Morgan fingerprint density at radius 1 is 1.43 bits per heavy atom. The first-order valence-corrected chi connectivity index (χ1v) is 5.19. The molecule has 0 bridgehead atoms. The van der Waals surface area contributed by atoms with Crippen molar-refractivity contribution >= 4 is 16.3 Å². The lowest BCUT2D eigenvalue weighted by Gasteiger charge is -2.06. The fourth-order valence-electron chi connectivity index (χ4n) is 0.989. The summed E-state index contributed by atoms with van der Waals surface area (Å²) in [6.07, 6.45) is 0.536. The van der Waals surface area contributed by atoms with Gasteiger partial charge in [0.25, 0.3) is 0 Å². The van der Waals surface area contributed by atoms with Gasteiger partial charge in [0.1, 0.15) is 16.9 Å². The summed E-state index contributed by atoms with van der Waals surface area (Å²) in [6.45, 7) is 0. The number of ether oxygens (including phenoxy) is 1. The van der Waals surface area contributed by atoms with Gasteiger partial charge in [0.2, 0.25) is 10.0 Å². The average Bonchev–Trinajstić information content (AvgIpc) is 2.15. The largest absolute Gasteiger partial charge is 0.495 e. The minimum Gasteiger partial charge on any atom is -0.495 e. The second-order valence-electron chi connectivity index (χ2n) is 2.57. The van der Waals surface area contributed by atoms with Crippen LogP contribution in [-0.2, 0) is 10.0 Å². The van der Waals surface area contributed by atoms with Gasteiger partial charge in [-0.25, -0.2) is 13.6 Å². The second kappa shape index (κ2) is 3.77. The molecule has 0 amide bonds. The molecule has 0 aliphatic rings. The van der Waals surface area contributed by atoms with Crippen LogP contribution in [0.3, 0.4) is 0 Å². The third-order valence-corrected chi connectivity index (χ3v) is 2.56. The van der Waals surface area contributed by atoms with Crippen LogP contribution in [0.4, 0.5) is 0 Å². The Morgan fingerprint density at radius 2 is 2.07 bits per heavy atom. The molecule has 1 aromatic carbocycles. The smallest absolute Gasteiger partial charge is 0.241 e. The molecule has 0 fully saturated rings. The van der Waals surface area contributed by atoms with Gasteiger partial charge < -0.3 is 4.74 Å². The molecule has 0 aliphatic carbocycles. The van der Waals surface area contributed by atoms with Gasteiger partial charge in [-0.1, -0.05) is 0 Å². The zero-order valence-electron chi connectivity index (χ0n) is 7.43. The molecule has 76 valence electrons. The van der Waals surface area contributed by atoms with E-state index in [-0.39, 0.29) is 16.2 Å². The lowest BCUT2D eigenvalue weighted by molar-refractivity contribution is 0.112. The van der Waals surface area contributed by atoms with Gasteiger partial charge in [-0.3, -0.25) is 4.79 Å². The maximum atomic E-state index is 11.1. The normalized spacial score (nSPS) is 11.0. The topological polar surface area (TPSA) is 86.5 Å². The summed E-state index contributed by atoms with van der Waals surface area (Å²) in [4.78, 5) is 10.2. The van der Waals surface area contributed by atoms with Crippen LogP contribution in [0.2, 0.25) is 0 Å². The summed E-state index contributed by atoms with van der Waals surface area (Å²) in [5.41, 5.74) is 0.231. The van der Waals surface area contributed by atoms with Gasteiger partial charge in [0.15, 0.2) is 0 Å². The van der Waals surface area contributed by atoms with Crippen LogP contribution in [0.25, 0.3) is 0 Å². The molecule has 6 heteroatoms. The first kappa shape index (κ1) is 10.7. The number of sulfonamides is 1. The van der Waals surface area contributed by atoms with Crippen LogP contribution in [-0.4, -0.2) is 21.8 Å². The minimum absolute atomic E-state index is 0.123. The number of carbonyl (C=O) groups excluding carboxylic acids is 1. The molecule has 0 saturated heterocycles. The van der Waals surface area contributed by atoms with E-state index in [0.29, 0.717) is 6.29 Å². The van der Waals surface area contributed by atoms with Crippen molar-refractivity contribution in [3.05, 3.63) is 23.8 Å². The molecule has 1 aromatic rings. The zero-order valence-corrected chi connectivity index (χ0v) is 8.24. The molecule has 0 atom stereocenters. The summed E-state index contributed by atoms with van der Waals surface area (Å²) in [7, 11) is -2.54. The molecule has 2 N–H and O–H groups in total. The highest BCUT2D eigenvalue weighted by Gasteiger charge is 2.14. The number of nitrogens with two attached hydrogens (primary N) is 1. The van der Waals surface area contributed by atoms with E-state index in [0.717, 1.165) is 0 Å². The Kier molecular flexibility index (Phi) is 2.87. The number of carbonyl (C=O) groups is 1. The summed E-state index contributed by atoms with van der Waals surface area (Å²) in [5.74, 6) is 0.123. The lowest BCUT2D eigenvalue weighted by atomic mass is 10.2. The highest BCUT2D eigenvalue weighted by Crippen LogP contribution is 2.22. The number of rotatable bonds is 3. The van der Waals surface area contributed by atoms with Crippen LogP contribution in [0.1, 0.15) is 10.4 Å². The van der Waals surface area contributed by atoms with Gasteiger partial charge in [-0.15, -0.1) is 0 Å². The Labute approximate surface area is 81.5 Å². The van der Waals surface area contributed by atoms with Gasteiger partial charge >= 0.3 is 0 Å². The van der Waals surface area contributed by atoms with Crippen LogP contribution in [0, 0.1) is 0 Å². The van der Waals surface area contributed by atoms with E-state index >= 15 is 0 Å². The molecule has 1 rings (SSSR count). The van der Waals surface area contributed by atoms with Gasteiger partial charge in [0, 0.05) is 5.56 Å². The molecular weight excluding hydrogens is 206 g/mol. The average molecular weight is 215 g/mol. The van der Waals surface area contributed by atoms with Crippen molar-refractivity contribution in [2.24, 2.45) is 5.14 Å². The Bertz CT molecular complexity index is 452. The fourth-order valence-corrected chi connectivity index (χ4v) is 1.72. The van der Waals surface area contributed by atoms with Gasteiger partial charge in [0.05, 0.1) is 7.11 Å². The van der Waals surface area contributed by atoms with Gasteiger partial charge in [-0.05, 0) is 18.2 Å². The van der Waals surface area contributed by atoms with Crippen LogP contribution < -0.4 is 9.88 Å². The van der Waals surface area contributed by atoms with Crippen molar-refractivity contribution < 1.29 is 17.9 Å². The molecule has 0 aromatic heterocycles. The van der Waals surface area contributed by atoms with E-state index in [1.165, 1.54) is 25.3 Å². The third-order valence-electron chi connectivity index (χ3n) is 1.63. The highest BCUT2D eigenvalue weighted by molar-refractivity contribution is 7.89. The van der Waals surface area contributed by atoms with Gasteiger partial charge in [-0.2, -0.15) is 0 Å². The van der Waals surface area contributed by atoms with Crippen molar-refractivity contribution in [2.45, 2.75) is 4.90 Å².